The van der Waals surface area contributed by atoms with Crippen molar-refractivity contribution >= 4 is 17.2 Å². The summed E-state index contributed by atoms with van der Waals surface area (Å²) in [6.07, 6.45) is 3.76. The van der Waals surface area contributed by atoms with Gasteiger partial charge in [-0.15, -0.1) is 11.3 Å². The van der Waals surface area contributed by atoms with Crippen LogP contribution in [0.2, 0.25) is 0 Å². The van der Waals surface area contributed by atoms with Crippen molar-refractivity contribution in [3.05, 3.63) is 41.2 Å². The van der Waals surface area contributed by atoms with E-state index in [9.17, 15) is 9.18 Å². The van der Waals surface area contributed by atoms with Gasteiger partial charge in [-0.05, 0) is 30.4 Å². The molecule has 1 N–H and O–H groups in total. The highest BCUT2D eigenvalue weighted by Crippen LogP contribution is 2.29. The predicted molar refractivity (Wildman–Crippen MR) is 95.3 cm³/mol. The van der Waals surface area contributed by atoms with E-state index < -0.39 is 0 Å². The molecule has 0 radical (unpaired) electrons. The second-order valence-electron chi connectivity index (χ2n) is 6.77. The topological polar surface area (TPSA) is 42.0 Å². The maximum Gasteiger partial charge on any atom is 0.226 e. The van der Waals surface area contributed by atoms with Gasteiger partial charge >= 0.3 is 0 Å². The molecule has 3 rings (SSSR count). The Hall–Kier alpha value is -1.75. The fourth-order valence-corrected chi connectivity index (χ4v) is 4.17. The monoisotopic (exact) mass is 346 g/mol. The molecular formula is C19H23FN2OS. The zero-order valence-corrected chi connectivity index (χ0v) is 14.9. The van der Waals surface area contributed by atoms with Crippen molar-refractivity contribution in [3.63, 3.8) is 0 Å². The summed E-state index contributed by atoms with van der Waals surface area (Å²) >= 11 is 1.44. The molecule has 1 saturated carbocycles. The van der Waals surface area contributed by atoms with Gasteiger partial charge < -0.3 is 5.32 Å². The quantitative estimate of drug-likeness (QED) is 0.890. The van der Waals surface area contributed by atoms with E-state index in [-0.39, 0.29) is 24.2 Å². The molecule has 3 atom stereocenters. The summed E-state index contributed by atoms with van der Waals surface area (Å²) in [5.41, 5.74) is 1.50. The first-order chi connectivity index (χ1) is 11.5. The molecule has 1 heterocycles. The van der Waals surface area contributed by atoms with E-state index in [1.54, 1.807) is 6.07 Å². The van der Waals surface area contributed by atoms with E-state index in [4.69, 9.17) is 0 Å². The van der Waals surface area contributed by atoms with Crippen LogP contribution in [-0.2, 0) is 11.2 Å². The number of nitrogens with zero attached hydrogens (tertiary/aromatic N) is 1. The van der Waals surface area contributed by atoms with Crippen LogP contribution in [0.5, 0.6) is 0 Å². The summed E-state index contributed by atoms with van der Waals surface area (Å²) in [7, 11) is 0. The lowest BCUT2D eigenvalue weighted by molar-refractivity contribution is -0.121. The molecule has 3 nitrogen and oxygen atoms in total. The van der Waals surface area contributed by atoms with Gasteiger partial charge in [0.2, 0.25) is 5.91 Å². The third-order valence-corrected chi connectivity index (χ3v) is 5.96. The van der Waals surface area contributed by atoms with E-state index in [0.717, 1.165) is 22.7 Å². The highest BCUT2D eigenvalue weighted by atomic mass is 32.1. The first-order valence-corrected chi connectivity index (χ1v) is 9.40. The van der Waals surface area contributed by atoms with Crippen molar-refractivity contribution in [3.8, 4) is 10.6 Å². The molecule has 1 aromatic carbocycles. The molecule has 0 aliphatic heterocycles. The molecular weight excluding hydrogens is 323 g/mol. The van der Waals surface area contributed by atoms with Gasteiger partial charge in [0, 0.05) is 17.0 Å². The largest absolute Gasteiger partial charge is 0.353 e. The van der Waals surface area contributed by atoms with Crippen LogP contribution in [0.25, 0.3) is 10.6 Å². The molecule has 1 amide bonds. The molecule has 24 heavy (non-hydrogen) atoms. The van der Waals surface area contributed by atoms with Gasteiger partial charge in [-0.3, -0.25) is 4.79 Å². The zero-order valence-electron chi connectivity index (χ0n) is 14.1. The number of carbonyl (C=O) groups excluding carboxylic acids is 1. The van der Waals surface area contributed by atoms with Crippen molar-refractivity contribution < 1.29 is 9.18 Å². The highest BCUT2D eigenvalue weighted by Gasteiger charge is 2.28. The Labute approximate surface area is 146 Å². The summed E-state index contributed by atoms with van der Waals surface area (Å²) in [4.78, 5) is 16.8. The van der Waals surface area contributed by atoms with Crippen LogP contribution in [0.3, 0.4) is 0 Å². The van der Waals surface area contributed by atoms with Gasteiger partial charge in [0.25, 0.3) is 0 Å². The number of nitrogens with one attached hydrogen (secondary N) is 1. The summed E-state index contributed by atoms with van der Waals surface area (Å²) in [5.74, 6) is 0.920. The van der Waals surface area contributed by atoms with Gasteiger partial charge in [-0.2, -0.15) is 0 Å². The van der Waals surface area contributed by atoms with E-state index in [1.807, 2.05) is 11.4 Å². The van der Waals surface area contributed by atoms with Gasteiger partial charge in [0.1, 0.15) is 10.8 Å². The minimum absolute atomic E-state index is 0.0250. The minimum Gasteiger partial charge on any atom is -0.353 e. The number of rotatable bonds is 4. The molecule has 1 aliphatic carbocycles. The number of thiazole rings is 1. The molecule has 3 unspecified atom stereocenters. The van der Waals surface area contributed by atoms with Crippen LogP contribution in [-0.4, -0.2) is 16.9 Å². The maximum atomic E-state index is 13.3. The Morgan fingerprint density at radius 3 is 3.00 bits per heavy atom. The van der Waals surface area contributed by atoms with Crippen molar-refractivity contribution in [2.45, 2.75) is 45.6 Å². The lowest BCUT2D eigenvalue weighted by atomic mass is 9.78. The number of amides is 1. The second-order valence-corrected chi connectivity index (χ2v) is 7.63. The Morgan fingerprint density at radius 1 is 1.38 bits per heavy atom. The smallest absolute Gasteiger partial charge is 0.226 e. The lowest BCUT2D eigenvalue weighted by Crippen LogP contribution is -2.44. The van der Waals surface area contributed by atoms with Crippen LogP contribution in [0.1, 0.15) is 38.8 Å². The van der Waals surface area contributed by atoms with Crippen LogP contribution in [0.4, 0.5) is 4.39 Å². The molecule has 0 saturated heterocycles. The average molecular weight is 346 g/mol. The van der Waals surface area contributed by atoms with Crippen molar-refractivity contribution in [2.24, 2.45) is 11.8 Å². The summed E-state index contributed by atoms with van der Waals surface area (Å²) in [5, 5.41) is 5.80. The van der Waals surface area contributed by atoms with E-state index >= 15 is 0 Å². The first kappa shape index (κ1) is 17.1. The van der Waals surface area contributed by atoms with Gasteiger partial charge in [0.05, 0.1) is 12.1 Å². The SMILES string of the molecule is CC1CCCC(NC(=O)Cc2csc(-c3cccc(F)c3)n2)C1C. The number of hydrogen-bond acceptors (Lipinski definition) is 3. The predicted octanol–water partition coefficient (Wildman–Crippen LogP) is 4.43. The number of hydrogen-bond donors (Lipinski definition) is 1. The van der Waals surface area contributed by atoms with Gasteiger partial charge in [-0.25, -0.2) is 9.37 Å². The summed E-state index contributed by atoms with van der Waals surface area (Å²) in [6.45, 7) is 4.48. The van der Waals surface area contributed by atoms with Crippen LogP contribution >= 0.6 is 11.3 Å². The number of halogens is 1. The Bertz CT molecular complexity index is 715. The molecule has 1 aromatic heterocycles. The summed E-state index contributed by atoms with van der Waals surface area (Å²) in [6, 6.07) is 6.65. The number of aromatic nitrogens is 1. The van der Waals surface area contributed by atoms with E-state index in [0.29, 0.717) is 11.8 Å². The highest BCUT2D eigenvalue weighted by molar-refractivity contribution is 7.13. The van der Waals surface area contributed by atoms with Crippen LogP contribution in [0, 0.1) is 17.7 Å². The van der Waals surface area contributed by atoms with E-state index in [2.05, 4.69) is 24.1 Å². The average Bonchev–Trinajstić information content (AvgIpc) is 3.00. The van der Waals surface area contributed by atoms with E-state index in [1.165, 1.54) is 36.3 Å². The van der Waals surface area contributed by atoms with Crippen LogP contribution < -0.4 is 5.32 Å². The molecule has 1 fully saturated rings. The van der Waals surface area contributed by atoms with Crippen LogP contribution in [0.15, 0.2) is 29.6 Å². The Balaban J connectivity index is 1.61. The van der Waals surface area contributed by atoms with Gasteiger partial charge in [-0.1, -0.05) is 38.8 Å². The number of benzene rings is 1. The second kappa shape index (κ2) is 7.43. The lowest BCUT2D eigenvalue weighted by Gasteiger charge is -2.34. The zero-order chi connectivity index (χ0) is 17.1. The molecule has 1 aliphatic rings. The Morgan fingerprint density at radius 2 is 2.21 bits per heavy atom. The van der Waals surface area contributed by atoms with Crippen molar-refractivity contribution in [1.82, 2.24) is 10.3 Å². The first-order valence-electron chi connectivity index (χ1n) is 8.52. The van der Waals surface area contributed by atoms with Gasteiger partial charge in [0.15, 0.2) is 0 Å². The molecule has 0 spiro atoms. The third-order valence-electron chi connectivity index (χ3n) is 5.02. The fraction of sp³-hybridized carbons (Fsp3) is 0.474. The normalized spacial score (nSPS) is 23.9. The molecule has 5 heteroatoms. The number of carbonyl (C=O) groups is 1. The minimum atomic E-state index is -0.276. The molecule has 2 aromatic rings. The molecule has 0 bridgehead atoms. The maximum absolute atomic E-state index is 13.3. The van der Waals surface area contributed by atoms with Crippen molar-refractivity contribution in [1.29, 1.82) is 0 Å². The Kier molecular flexibility index (Phi) is 5.29. The standard InChI is InChI=1S/C19H23FN2OS/c1-12-5-3-8-17(13(12)2)22-18(23)10-16-11-24-19(21-16)14-6-4-7-15(20)9-14/h4,6-7,9,11-13,17H,3,5,8,10H2,1-2H3,(H,22,23). The summed E-state index contributed by atoms with van der Waals surface area (Å²) < 4.78 is 13.3. The van der Waals surface area contributed by atoms with Crippen molar-refractivity contribution in [2.75, 3.05) is 0 Å². The molecule has 128 valence electrons. The fourth-order valence-electron chi connectivity index (χ4n) is 3.35. The third kappa shape index (κ3) is 4.01.